The maximum atomic E-state index is 12.0. The van der Waals surface area contributed by atoms with Crippen LogP contribution in [0.25, 0.3) is 0 Å². The fourth-order valence-corrected chi connectivity index (χ4v) is 3.17. The topological polar surface area (TPSA) is 94.6 Å². The molecule has 0 unspecified atom stereocenters. The van der Waals surface area contributed by atoms with Gasteiger partial charge in [-0.3, -0.25) is 15.0 Å². The first-order chi connectivity index (χ1) is 10.4. The standard InChI is InChI=1S/C14H22N4O3S/c1-9(2)11-7-15-14(22-11)17-13(21)16-10-3-5-18(6-4-10)8-12(19)20/h7,9-10H,3-6,8H2,1-2H3,(H,19,20)(H2,15,16,17,21). The second-order valence-electron chi connectivity index (χ2n) is 5.77. The molecular weight excluding hydrogens is 304 g/mol. The minimum atomic E-state index is -0.811. The first kappa shape index (κ1) is 16.7. The van der Waals surface area contributed by atoms with Crippen LogP contribution in [-0.2, 0) is 4.79 Å². The van der Waals surface area contributed by atoms with E-state index in [2.05, 4.69) is 29.5 Å². The van der Waals surface area contributed by atoms with E-state index in [0.717, 1.165) is 17.7 Å². The Hall–Kier alpha value is -1.67. The molecule has 1 saturated heterocycles. The van der Waals surface area contributed by atoms with Gasteiger partial charge in [0.25, 0.3) is 0 Å². The number of carbonyl (C=O) groups excluding carboxylic acids is 1. The highest BCUT2D eigenvalue weighted by Crippen LogP contribution is 2.25. The lowest BCUT2D eigenvalue weighted by atomic mass is 10.1. The maximum Gasteiger partial charge on any atom is 0.321 e. The fourth-order valence-electron chi connectivity index (χ4n) is 2.36. The van der Waals surface area contributed by atoms with Gasteiger partial charge in [-0.25, -0.2) is 9.78 Å². The quantitative estimate of drug-likeness (QED) is 0.768. The van der Waals surface area contributed by atoms with Gasteiger partial charge in [-0.15, -0.1) is 11.3 Å². The molecule has 7 nitrogen and oxygen atoms in total. The van der Waals surface area contributed by atoms with Crippen molar-refractivity contribution >= 4 is 28.5 Å². The van der Waals surface area contributed by atoms with Gasteiger partial charge in [0.15, 0.2) is 5.13 Å². The van der Waals surface area contributed by atoms with E-state index >= 15 is 0 Å². The molecule has 0 aromatic carbocycles. The van der Waals surface area contributed by atoms with Crippen LogP contribution in [0.2, 0.25) is 0 Å². The number of urea groups is 1. The number of hydrogen-bond acceptors (Lipinski definition) is 5. The number of amides is 2. The van der Waals surface area contributed by atoms with Crippen LogP contribution in [0.1, 0.15) is 37.5 Å². The average Bonchev–Trinajstić information content (AvgIpc) is 2.89. The van der Waals surface area contributed by atoms with Crippen LogP contribution in [-0.4, -0.2) is 52.7 Å². The molecule has 2 heterocycles. The zero-order valence-corrected chi connectivity index (χ0v) is 13.7. The van der Waals surface area contributed by atoms with E-state index in [0.29, 0.717) is 24.1 Å². The van der Waals surface area contributed by atoms with Gasteiger partial charge in [0.2, 0.25) is 0 Å². The SMILES string of the molecule is CC(C)c1cnc(NC(=O)NC2CCN(CC(=O)O)CC2)s1. The van der Waals surface area contributed by atoms with E-state index in [1.807, 2.05) is 4.90 Å². The zero-order valence-electron chi connectivity index (χ0n) is 12.8. The molecule has 1 aliphatic rings. The van der Waals surface area contributed by atoms with Crippen LogP contribution in [0, 0.1) is 0 Å². The monoisotopic (exact) mass is 326 g/mol. The Labute approximate surface area is 133 Å². The summed E-state index contributed by atoms with van der Waals surface area (Å²) in [6.45, 7) is 5.61. The van der Waals surface area contributed by atoms with Gasteiger partial charge in [-0.2, -0.15) is 0 Å². The number of anilines is 1. The number of likely N-dealkylation sites (tertiary alicyclic amines) is 1. The molecule has 0 atom stereocenters. The van der Waals surface area contributed by atoms with Crippen molar-refractivity contribution in [2.75, 3.05) is 25.0 Å². The number of piperidine rings is 1. The molecule has 0 aliphatic carbocycles. The number of aromatic nitrogens is 1. The molecule has 1 aromatic rings. The summed E-state index contributed by atoms with van der Waals surface area (Å²) in [5.41, 5.74) is 0. The summed E-state index contributed by atoms with van der Waals surface area (Å²) >= 11 is 1.48. The number of nitrogens with zero attached hydrogens (tertiary/aromatic N) is 2. The van der Waals surface area contributed by atoms with Crippen LogP contribution in [0.3, 0.4) is 0 Å². The second-order valence-corrected chi connectivity index (χ2v) is 6.83. The molecule has 22 heavy (non-hydrogen) atoms. The smallest absolute Gasteiger partial charge is 0.321 e. The Morgan fingerprint density at radius 1 is 1.45 bits per heavy atom. The first-order valence-electron chi connectivity index (χ1n) is 7.41. The number of thiazole rings is 1. The largest absolute Gasteiger partial charge is 0.480 e. The van der Waals surface area contributed by atoms with Crippen LogP contribution in [0.5, 0.6) is 0 Å². The highest BCUT2D eigenvalue weighted by atomic mass is 32.1. The Balaban J connectivity index is 1.74. The lowest BCUT2D eigenvalue weighted by molar-refractivity contribution is -0.138. The average molecular weight is 326 g/mol. The summed E-state index contributed by atoms with van der Waals surface area (Å²) in [4.78, 5) is 29.8. The van der Waals surface area contributed by atoms with Crippen LogP contribution >= 0.6 is 11.3 Å². The number of rotatable bonds is 5. The minimum Gasteiger partial charge on any atom is -0.480 e. The van der Waals surface area contributed by atoms with Crippen molar-refractivity contribution in [3.8, 4) is 0 Å². The van der Waals surface area contributed by atoms with Gasteiger partial charge in [0.05, 0.1) is 6.54 Å². The summed E-state index contributed by atoms with van der Waals surface area (Å²) in [6, 6.07) is -0.170. The third-order valence-corrected chi connectivity index (χ3v) is 4.81. The summed E-state index contributed by atoms with van der Waals surface area (Å²) in [6.07, 6.45) is 3.31. The van der Waals surface area contributed by atoms with Crippen molar-refractivity contribution in [2.45, 2.75) is 38.6 Å². The lowest BCUT2D eigenvalue weighted by Crippen LogP contribution is -2.47. The third kappa shape index (κ3) is 4.96. The molecule has 0 spiro atoms. The van der Waals surface area contributed by atoms with Crippen molar-refractivity contribution in [3.63, 3.8) is 0 Å². The fraction of sp³-hybridized carbons (Fsp3) is 0.643. The van der Waals surface area contributed by atoms with Crippen molar-refractivity contribution in [1.82, 2.24) is 15.2 Å². The number of nitrogens with one attached hydrogen (secondary N) is 2. The van der Waals surface area contributed by atoms with Crippen molar-refractivity contribution in [3.05, 3.63) is 11.1 Å². The van der Waals surface area contributed by atoms with Crippen LogP contribution in [0.4, 0.5) is 9.93 Å². The Bertz CT molecular complexity index is 524. The number of carbonyl (C=O) groups is 2. The van der Waals surface area contributed by atoms with E-state index in [9.17, 15) is 9.59 Å². The maximum absolute atomic E-state index is 12.0. The van der Waals surface area contributed by atoms with E-state index in [1.165, 1.54) is 11.3 Å². The molecular formula is C14H22N4O3S. The Morgan fingerprint density at radius 3 is 2.68 bits per heavy atom. The highest BCUT2D eigenvalue weighted by molar-refractivity contribution is 7.15. The predicted octanol–water partition coefficient (Wildman–Crippen LogP) is 1.94. The van der Waals surface area contributed by atoms with Crippen molar-refractivity contribution < 1.29 is 14.7 Å². The summed E-state index contributed by atoms with van der Waals surface area (Å²) in [5, 5.41) is 15.0. The summed E-state index contributed by atoms with van der Waals surface area (Å²) in [7, 11) is 0. The number of aliphatic carboxylic acids is 1. The molecule has 1 fully saturated rings. The molecule has 8 heteroatoms. The van der Waals surface area contributed by atoms with Gasteiger partial charge >= 0.3 is 12.0 Å². The minimum absolute atomic E-state index is 0.0655. The predicted molar refractivity (Wildman–Crippen MR) is 85.5 cm³/mol. The summed E-state index contributed by atoms with van der Waals surface area (Å²) < 4.78 is 0. The van der Waals surface area contributed by atoms with Gasteiger partial charge in [-0.05, 0) is 18.8 Å². The van der Waals surface area contributed by atoms with E-state index in [1.54, 1.807) is 6.20 Å². The molecule has 0 bridgehead atoms. The summed E-state index contributed by atoms with van der Waals surface area (Å²) in [5.74, 6) is -0.413. The number of hydrogen-bond donors (Lipinski definition) is 3. The van der Waals surface area contributed by atoms with Crippen molar-refractivity contribution in [2.24, 2.45) is 0 Å². The molecule has 1 aliphatic heterocycles. The Morgan fingerprint density at radius 2 is 2.14 bits per heavy atom. The van der Waals surface area contributed by atoms with Crippen LogP contribution in [0.15, 0.2) is 6.20 Å². The van der Waals surface area contributed by atoms with Gasteiger partial charge in [0, 0.05) is 30.2 Å². The lowest BCUT2D eigenvalue weighted by Gasteiger charge is -2.31. The molecule has 1 aromatic heterocycles. The van der Waals surface area contributed by atoms with E-state index < -0.39 is 5.97 Å². The Kier molecular flexibility index (Phi) is 5.73. The molecule has 0 saturated carbocycles. The molecule has 0 radical (unpaired) electrons. The highest BCUT2D eigenvalue weighted by Gasteiger charge is 2.22. The molecule has 122 valence electrons. The van der Waals surface area contributed by atoms with E-state index in [4.69, 9.17) is 5.11 Å². The third-order valence-electron chi connectivity index (χ3n) is 3.59. The molecule has 3 N–H and O–H groups in total. The van der Waals surface area contributed by atoms with Gasteiger partial charge in [-0.1, -0.05) is 13.8 Å². The van der Waals surface area contributed by atoms with Crippen LogP contribution < -0.4 is 10.6 Å². The molecule has 2 rings (SSSR count). The number of carboxylic acid groups (broad SMARTS) is 1. The van der Waals surface area contributed by atoms with Crippen molar-refractivity contribution in [1.29, 1.82) is 0 Å². The first-order valence-corrected chi connectivity index (χ1v) is 8.23. The zero-order chi connectivity index (χ0) is 16.1. The molecule has 2 amide bonds. The second kappa shape index (κ2) is 7.55. The van der Waals surface area contributed by atoms with Gasteiger partial charge < -0.3 is 10.4 Å². The van der Waals surface area contributed by atoms with E-state index in [-0.39, 0.29) is 18.6 Å². The normalized spacial score (nSPS) is 16.7. The number of carboxylic acids is 1. The van der Waals surface area contributed by atoms with Gasteiger partial charge in [0.1, 0.15) is 0 Å².